The summed E-state index contributed by atoms with van der Waals surface area (Å²) in [6.07, 6.45) is -1.27. The highest BCUT2D eigenvalue weighted by Crippen LogP contribution is 2.33. The zero-order valence-electron chi connectivity index (χ0n) is 9.00. The minimum Gasteiger partial charge on any atom is -0.486 e. The van der Waals surface area contributed by atoms with Crippen LogP contribution in [0.5, 0.6) is 11.5 Å². The molecule has 92 valence electrons. The lowest BCUT2D eigenvalue weighted by molar-refractivity contribution is -0.141. The molecule has 1 aliphatic rings. The molecule has 1 aliphatic heterocycles. The molecule has 0 spiro atoms. The number of hydrogen-bond donors (Lipinski definition) is 3. The summed E-state index contributed by atoms with van der Waals surface area (Å²) in [7, 11) is 0. The van der Waals surface area contributed by atoms with Crippen molar-refractivity contribution >= 4 is 5.97 Å². The normalized spacial score (nSPS) is 17.3. The second kappa shape index (κ2) is 4.60. The monoisotopic (exact) mass is 239 g/mol. The molecule has 6 heteroatoms. The molecule has 0 aliphatic carbocycles. The number of fused-ring (bicyclic) bond motifs is 1. The number of carboxylic acid groups (broad SMARTS) is 1. The molecular weight excluding hydrogens is 226 g/mol. The second-order valence-electron chi connectivity index (χ2n) is 3.71. The molecule has 1 aromatic rings. The van der Waals surface area contributed by atoms with Gasteiger partial charge in [0, 0.05) is 0 Å². The smallest absolute Gasteiger partial charge is 0.323 e. The molecule has 0 radical (unpaired) electrons. The Kier molecular flexibility index (Phi) is 3.16. The number of ether oxygens (including phenoxy) is 2. The van der Waals surface area contributed by atoms with Crippen molar-refractivity contribution in [3.05, 3.63) is 23.8 Å². The molecule has 1 heterocycles. The Hall–Kier alpha value is -1.79. The topological polar surface area (TPSA) is 102 Å². The predicted molar refractivity (Wildman–Crippen MR) is 58.0 cm³/mol. The van der Waals surface area contributed by atoms with Crippen molar-refractivity contribution in [3.63, 3.8) is 0 Å². The molecule has 0 fully saturated rings. The van der Waals surface area contributed by atoms with E-state index in [1.807, 2.05) is 0 Å². The number of benzene rings is 1. The average molecular weight is 239 g/mol. The van der Waals surface area contributed by atoms with Crippen LogP contribution in [0.1, 0.15) is 11.7 Å². The van der Waals surface area contributed by atoms with E-state index in [9.17, 15) is 9.90 Å². The van der Waals surface area contributed by atoms with Crippen LogP contribution in [-0.2, 0) is 4.79 Å². The minimum absolute atomic E-state index is 0.393. The Labute approximate surface area is 97.6 Å². The molecule has 1 aromatic carbocycles. The van der Waals surface area contributed by atoms with Crippen molar-refractivity contribution in [2.24, 2.45) is 5.73 Å². The Morgan fingerprint density at radius 1 is 1.29 bits per heavy atom. The first-order valence-corrected chi connectivity index (χ1v) is 5.15. The molecular formula is C11H13NO5. The molecule has 2 atom stereocenters. The van der Waals surface area contributed by atoms with Gasteiger partial charge < -0.3 is 25.4 Å². The standard InChI is InChI=1S/C11H13NO5/c12-9(11(14)15)10(13)6-1-2-7-8(5-6)17-4-3-16-7/h1-2,5,9-10,13H,3-4,12H2,(H,14,15). The molecule has 0 bridgehead atoms. The molecule has 2 rings (SSSR count). The number of rotatable bonds is 3. The van der Waals surface area contributed by atoms with Gasteiger partial charge in [-0.25, -0.2) is 0 Å². The van der Waals surface area contributed by atoms with Gasteiger partial charge in [0.2, 0.25) is 0 Å². The predicted octanol–water partition coefficient (Wildman–Crippen LogP) is -0.0969. The Morgan fingerprint density at radius 3 is 2.59 bits per heavy atom. The largest absolute Gasteiger partial charge is 0.486 e. The number of carbonyl (C=O) groups is 1. The van der Waals surface area contributed by atoms with Crippen LogP contribution in [0, 0.1) is 0 Å². The summed E-state index contributed by atoms with van der Waals surface area (Å²) in [6.45, 7) is 0.904. The van der Waals surface area contributed by atoms with Crippen molar-refractivity contribution < 1.29 is 24.5 Å². The zero-order chi connectivity index (χ0) is 12.4. The van der Waals surface area contributed by atoms with Crippen LogP contribution in [0.3, 0.4) is 0 Å². The zero-order valence-corrected chi connectivity index (χ0v) is 9.00. The lowest BCUT2D eigenvalue weighted by Crippen LogP contribution is -2.36. The fourth-order valence-electron chi connectivity index (χ4n) is 1.59. The van der Waals surface area contributed by atoms with Gasteiger partial charge in [-0.1, -0.05) is 6.07 Å². The number of nitrogens with two attached hydrogens (primary N) is 1. The Balaban J connectivity index is 2.24. The third-order valence-electron chi connectivity index (χ3n) is 2.53. The number of hydrogen-bond acceptors (Lipinski definition) is 5. The van der Waals surface area contributed by atoms with E-state index < -0.39 is 18.1 Å². The summed E-state index contributed by atoms with van der Waals surface area (Å²) in [5.41, 5.74) is 5.74. The van der Waals surface area contributed by atoms with E-state index in [1.165, 1.54) is 0 Å². The van der Waals surface area contributed by atoms with Crippen LogP contribution in [0.25, 0.3) is 0 Å². The second-order valence-corrected chi connectivity index (χ2v) is 3.71. The van der Waals surface area contributed by atoms with E-state index >= 15 is 0 Å². The molecule has 4 N–H and O–H groups in total. The molecule has 0 aromatic heterocycles. The summed E-state index contributed by atoms with van der Waals surface area (Å²) >= 11 is 0. The lowest BCUT2D eigenvalue weighted by atomic mass is 10.0. The average Bonchev–Trinajstić information content (AvgIpc) is 2.36. The first-order chi connectivity index (χ1) is 8.09. The first-order valence-electron chi connectivity index (χ1n) is 5.15. The van der Waals surface area contributed by atoms with Crippen LogP contribution in [0.4, 0.5) is 0 Å². The molecule has 6 nitrogen and oxygen atoms in total. The van der Waals surface area contributed by atoms with Gasteiger partial charge in [0.05, 0.1) is 0 Å². The van der Waals surface area contributed by atoms with Crippen molar-refractivity contribution in [1.29, 1.82) is 0 Å². The SMILES string of the molecule is NC(C(=O)O)C(O)c1ccc2c(c1)OCCO2. The summed E-state index contributed by atoms with van der Waals surface area (Å²) in [4.78, 5) is 10.7. The molecule has 2 unspecified atom stereocenters. The van der Waals surface area contributed by atoms with E-state index in [-0.39, 0.29) is 0 Å². The number of aliphatic hydroxyl groups excluding tert-OH is 1. The van der Waals surface area contributed by atoms with Crippen molar-refractivity contribution in [3.8, 4) is 11.5 Å². The third kappa shape index (κ3) is 2.32. The minimum atomic E-state index is -1.36. The summed E-state index contributed by atoms with van der Waals surface area (Å²) in [6, 6.07) is 3.38. The maximum absolute atomic E-state index is 10.7. The van der Waals surface area contributed by atoms with Gasteiger partial charge in [0.1, 0.15) is 25.4 Å². The van der Waals surface area contributed by atoms with Gasteiger partial charge in [-0.2, -0.15) is 0 Å². The summed E-state index contributed by atoms with van der Waals surface area (Å²) in [5.74, 6) is -0.186. The number of aliphatic hydroxyl groups is 1. The highest BCUT2D eigenvalue weighted by atomic mass is 16.6. The highest BCUT2D eigenvalue weighted by Gasteiger charge is 2.25. The van der Waals surface area contributed by atoms with Crippen molar-refractivity contribution in [1.82, 2.24) is 0 Å². The van der Waals surface area contributed by atoms with Crippen LogP contribution in [0.2, 0.25) is 0 Å². The fraction of sp³-hybridized carbons (Fsp3) is 0.364. The Bertz CT molecular complexity index is 434. The Morgan fingerprint density at radius 2 is 1.94 bits per heavy atom. The maximum Gasteiger partial charge on any atom is 0.323 e. The highest BCUT2D eigenvalue weighted by molar-refractivity contribution is 5.74. The van der Waals surface area contributed by atoms with E-state index in [0.717, 1.165) is 0 Å². The van der Waals surface area contributed by atoms with Crippen LogP contribution >= 0.6 is 0 Å². The van der Waals surface area contributed by atoms with Crippen LogP contribution in [0.15, 0.2) is 18.2 Å². The summed E-state index contributed by atoms with van der Waals surface area (Å²) < 4.78 is 10.6. The number of aliphatic carboxylic acids is 1. The molecule has 0 amide bonds. The number of carboxylic acids is 1. The van der Waals surface area contributed by atoms with Gasteiger partial charge in [-0.3, -0.25) is 4.79 Å². The first kappa shape index (κ1) is 11.7. The quantitative estimate of drug-likeness (QED) is 0.681. The van der Waals surface area contributed by atoms with E-state index in [1.54, 1.807) is 18.2 Å². The third-order valence-corrected chi connectivity index (χ3v) is 2.53. The van der Waals surface area contributed by atoms with Crippen LogP contribution in [-0.4, -0.2) is 35.4 Å². The van der Waals surface area contributed by atoms with Crippen LogP contribution < -0.4 is 15.2 Å². The van der Waals surface area contributed by atoms with Crippen molar-refractivity contribution in [2.45, 2.75) is 12.1 Å². The van der Waals surface area contributed by atoms with Crippen molar-refractivity contribution in [2.75, 3.05) is 13.2 Å². The lowest BCUT2D eigenvalue weighted by Gasteiger charge is -2.21. The van der Waals surface area contributed by atoms with Gasteiger partial charge in [-0.05, 0) is 17.7 Å². The van der Waals surface area contributed by atoms with E-state index in [0.29, 0.717) is 30.3 Å². The van der Waals surface area contributed by atoms with Gasteiger partial charge in [0.15, 0.2) is 11.5 Å². The molecule has 0 saturated heterocycles. The molecule has 0 saturated carbocycles. The molecule has 17 heavy (non-hydrogen) atoms. The van der Waals surface area contributed by atoms with E-state index in [2.05, 4.69) is 0 Å². The maximum atomic E-state index is 10.7. The van der Waals surface area contributed by atoms with Gasteiger partial charge in [-0.15, -0.1) is 0 Å². The fourth-order valence-corrected chi connectivity index (χ4v) is 1.59. The van der Waals surface area contributed by atoms with Gasteiger partial charge >= 0.3 is 5.97 Å². The summed E-state index contributed by atoms with van der Waals surface area (Å²) in [5, 5.41) is 18.5. The van der Waals surface area contributed by atoms with Gasteiger partial charge in [0.25, 0.3) is 0 Å². The van der Waals surface area contributed by atoms with E-state index in [4.69, 9.17) is 20.3 Å².